The van der Waals surface area contributed by atoms with Gasteiger partial charge in [0.2, 0.25) is 0 Å². The van der Waals surface area contributed by atoms with Gasteiger partial charge >= 0.3 is 0 Å². The summed E-state index contributed by atoms with van der Waals surface area (Å²) in [5.74, 6) is 1.09. The molecule has 0 aliphatic heterocycles. The molecule has 11 aromatic rings. The van der Waals surface area contributed by atoms with Gasteiger partial charge in [-0.25, -0.2) is 0 Å². The van der Waals surface area contributed by atoms with E-state index in [0.29, 0.717) is 0 Å². The van der Waals surface area contributed by atoms with Crippen LogP contribution in [-0.2, 0) is 25.5 Å². The van der Waals surface area contributed by atoms with Crippen LogP contribution in [0.3, 0.4) is 0 Å². The zero-order valence-corrected chi connectivity index (χ0v) is 39.9. The zero-order valence-electron chi connectivity index (χ0n) is 37.5. The van der Waals surface area contributed by atoms with Gasteiger partial charge in [-0.2, -0.15) is 0 Å². The number of pyridine rings is 1. The van der Waals surface area contributed by atoms with Crippen LogP contribution in [0.25, 0.3) is 94.4 Å². The maximum Gasteiger partial charge on any atom is 0.136 e. The minimum atomic E-state index is -0.277. The first kappa shape index (κ1) is 43.6. The van der Waals surface area contributed by atoms with Gasteiger partial charge in [-0.15, -0.1) is 48.0 Å². The van der Waals surface area contributed by atoms with E-state index >= 15 is 0 Å². The van der Waals surface area contributed by atoms with E-state index in [0.717, 1.165) is 77.6 Å². The van der Waals surface area contributed by atoms with Crippen LogP contribution in [-0.4, -0.2) is 14.5 Å². The molecule has 0 atom stereocenters. The van der Waals surface area contributed by atoms with Gasteiger partial charge in [-0.1, -0.05) is 126 Å². The Morgan fingerprint density at radius 1 is 0.631 bits per heavy atom. The van der Waals surface area contributed by atoms with Gasteiger partial charge in [0.1, 0.15) is 16.7 Å². The molecule has 65 heavy (non-hydrogen) atoms. The molecule has 0 amide bonds. The van der Waals surface area contributed by atoms with E-state index in [1.54, 1.807) is 12.3 Å². The van der Waals surface area contributed by atoms with E-state index in [9.17, 15) is 4.39 Å². The van der Waals surface area contributed by atoms with E-state index in [2.05, 4.69) is 161 Å². The molecule has 4 aromatic heterocycles. The van der Waals surface area contributed by atoms with Crippen molar-refractivity contribution in [3.8, 4) is 39.5 Å². The normalized spacial score (nSPS) is 11.8. The molecule has 0 saturated carbocycles. The Morgan fingerprint density at radius 3 is 2.02 bits per heavy atom. The van der Waals surface area contributed by atoms with E-state index in [-0.39, 0.29) is 43.2 Å². The molecule has 5 nitrogen and oxygen atoms in total. The van der Waals surface area contributed by atoms with Crippen LogP contribution in [0.4, 0.5) is 4.39 Å². The third kappa shape index (κ3) is 8.09. The van der Waals surface area contributed by atoms with Gasteiger partial charge in [0.25, 0.3) is 0 Å². The van der Waals surface area contributed by atoms with Gasteiger partial charge in [-0.3, -0.25) is 9.37 Å². The summed E-state index contributed by atoms with van der Waals surface area (Å²) >= 11 is 0. The number of furan rings is 2. The summed E-state index contributed by atoms with van der Waals surface area (Å²) in [6, 6.07) is 55.2. The Morgan fingerprint density at radius 2 is 1.31 bits per heavy atom. The Kier molecular flexibility index (Phi) is 11.7. The fourth-order valence-corrected chi connectivity index (χ4v) is 8.77. The second-order valence-electron chi connectivity index (χ2n) is 18.2. The second-order valence-corrected chi connectivity index (χ2v) is 18.2. The largest absolute Gasteiger partial charge is 0.501 e. The van der Waals surface area contributed by atoms with Crippen molar-refractivity contribution in [3.63, 3.8) is 0 Å². The molecule has 7 heteroatoms. The summed E-state index contributed by atoms with van der Waals surface area (Å²) in [7, 11) is 0. The van der Waals surface area contributed by atoms with Crippen molar-refractivity contribution in [1.29, 1.82) is 0 Å². The summed E-state index contributed by atoms with van der Waals surface area (Å²) in [5.41, 5.74) is 15.3. The molecule has 0 fully saturated rings. The maximum atomic E-state index is 12.8. The van der Waals surface area contributed by atoms with Gasteiger partial charge < -0.3 is 18.4 Å². The molecule has 4 heterocycles. The van der Waals surface area contributed by atoms with Gasteiger partial charge in [-0.05, 0) is 99.3 Å². The van der Waals surface area contributed by atoms with Crippen molar-refractivity contribution in [2.75, 3.05) is 0 Å². The topological polar surface area (TPSA) is 57.0 Å². The van der Waals surface area contributed by atoms with E-state index < -0.39 is 0 Å². The Bertz CT molecular complexity index is 3470. The summed E-state index contributed by atoms with van der Waals surface area (Å²) in [6.45, 7) is 15.6. The Balaban J connectivity index is 0.000000250. The Labute approximate surface area is 392 Å². The summed E-state index contributed by atoms with van der Waals surface area (Å²) in [4.78, 5) is 9.60. The SMILES string of the molecule is CC(C)(C)c1ccnc(-c2[c-]cc(F)cc2)c1.CC(C)c1cc(-c2ccccc2)cc(C(C)C)c1-n1c(-c2[c-]ccc3c2oc2cc4c(cc23)oc2ccccc24)nc2ccccc21.[Ir]. The quantitative estimate of drug-likeness (QED) is 0.156. The second kappa shape index (κ2) is 17.4. The van der Waals surface area contributed by atoms with Crippen LogP contribution in [0.15, 0.2) is 161 Å². The first-order valence-corrected chi connectivity index (χ1v) is 22.0. The smallest absolute Gasteiger partial charge is 0.136 e. The summed E-state index contributed by atoms with van der Waals surface area (Å²) < 4.78 is 28.2. The van der Waals surface area contributed by atoms with Crippen LogP contribution in [0.5, 0.6) is 0 Å². The fourth-order valence-electron chi connectivity index (χ4n) is 8.77. The third-order valence-electron chi connectivity index (χ3n) is 12.1. The van der Waals surface area contributed by atoms with E-state index in [1.165, 1.54) is 45.6 Å². The predicted octanol–water partition coefficient (Wildman–Crippen LogP) is 16.2. The third-order valence-corrected chi connectivity index (χ3v) is 12.1. The first-order valence-electron chi connectivity index (χ1n) is 22.0. The van der Waals surface area contributed by atoms with Crippen LogP contribution in [0.1, 0.15) is 77.0 Å². The molecule has 11 rings (SSSR count). The van der Waals surface area contributed by atoms with Crippen molar-refractivity contribution in [2.45, 2.75) is 65.7 Å². The molecule has 1 radical (unpaired) electrons. The minimum absolute atomic E-state index is 0. The molecule has 0 aliphatic rings. The molecule has 7 aromatic carbocycles. The predicted molar refractivity (Wildman–Crippen MR) is 261 cm³/mol. The van der Waals surface area contributed by atoms with E-state index in [1.807, 2.05) is 36.4 Å². The molecule has 325 valence electrons. The molecule has 0 bridgehead atoms. The molecule has 0 unspecified atom stereocenters. The number of halogens is 1. The van der Waals surface area contributed by atoms with Crippen LogP contribution in [0.2, 0.25) is 0 Å². The van der Waals surface area contributed by atoms with E-state index in [4.69, 9.17) is 13.8 Å². The number of imidazole rings is 1. The van der Waals surface area contributed by atoms with Gasteiger partial charge in [0.05, 0.1) is 22.4 Å². The molecule has 0 N–H and O–H groups in total. The van der Waals surface area contributed by atoms with Crippen LogP contribution >= 0.6 is 0 Å². The zero-order chi connectivity index (χ0) is 44.3. The number of fused-ring (bicyclic) bond motifs is 7. The van der Waals surface area contributed by atoms with Gasteiger partial charge in [0, 0.05) is 54.0 Å². The minimum Gasteiger partial charge on any atom is -0.501 e. The van der Waals surface area contributed by atoms with Crippen molar-refractivity contribution in [1.82, 2.24) is 14.5 Å². The number of nitrogens with zero attached hydrogens (tertiary/aromatic N) is 3. The monoisotopic (exact) mass is 1030 g/mol. The van der Waals surface area contributed by atoms with Crippen molar-refractivity contribution in [3.05, 3.63) is 186 Å². The number of rotatable bonds is 6. The molecular weight excluding hydrogens is 982 g/mol. The van der Waals surface area contributed by atoms with Crippen LogP contribution < -0.4 is 0 Å². The fraction of sp³-hybridized carbons (Fsp3) is 0.172. The van der Waals surface area contributed by atoms with Gasteiger partial charge in [0.15, 0.2) is 0 Å². The number of para-hydroxylation sites is 3. The number of benzene rings is 7. The van der Waals surface area contributed by atoms with Crippen molar-refractivity contribution < 1.29 is 33.3 Å². The average molecular weight is 1030 g/mol. The summed E-state index contributed by atoms with van der Waals surface area (Å²) in [5, 5.41) is 4.16. The molecule has 0 spiro atoms. The number of hydrogen-bond donors (Lipinski definition) is 0. The standard InChI is InChI=1S/C43H33N2O2.C15H15FN.Ir/c1-25(2)32-21-28(27-13-6-5-7-14-27)22-33(26(3)4)41(32)45-37-19-10-9-18-36(37)44-43(45)31-17-12-16-30-35-24-39-34(23-40(35)47-42(30)31)29-15-8-11-20-38(29)46-39;1-15(2,3)12-8-9-17-14(10-12)11-4-6-13(16)7-5-11;/h5-16,18-26H,1-4H3;4,6-10H,1-3H3;/q2*-1;. The van der Waals surface area contributed by atoms with Crippen molar-refractivity contribution >= 4 is 54.9 Å². The number of hydrogen-bond acceptors (Lipinski definition) is 4. The molecule has 0 saturated heterocycles. The molecular formula is C58H48FIrN3O2-2. The van der Waals surface area contributed by atoms with Crippen molar-refractivity contribution in [2.24, 2.45) is 0 Å². The number of aromatic nitrogens is 3. The Hall–Kier alpha value is -6.66. The molecule has 0 aliphatic carbocycles. The summed E-state index contributed by atoms with van der Waals surface area (Å²) in [6.07, 6.45) is 1.78. The maximum absolute atomic E-state index is 12.8. The van der Waals surface area contributed by atoms with Crippen LogP contribution in [0, 0.1) is 17.9 Å². The average Bonchev–Trinajstić information content (AvgIpc) is 3.99. The first-order chi connectivity index (χ1) is 30.9.